The van der Waals surface area contributed by atoms with Crippen molar-refractivity contribution in [2.24, 2.45) is 0 Å². The van der Waals surface area contributed by atoms with Crippen molar-refractivity contribution in [3.8, 4) is 29.2 Å². The molecule has 1 fully saturated rings. The highest BCUT2D eigenvalue weighted by molar-refractivity contribution is 6.32. The van der Waals surface area contributed by atoms with E-state index in [1.165, 1.54) is 29.5 Å². The summed E-state index contributed by atoms with van der Waals surface area (Å²) in [5.41, 5.74) is 4.39. The number of carbonyl (C=O) groups is 1. The first-order chi connectivity index (χ1) is 26.5. The molecule has 5 aromatic rings. The highest BCUT2D eigenvalue weighted by Crippen LogP contribution is 2.34. The lowest BCUT2D eigenvalue weighted by Crippen LogP contribution is -2.47. The molecule has 0 N–H and O–H groups in total. The summed E-state index contributed by atoms with van der Waals surface area (Å²) in [6.45, 7) is 6.10. The lowest BCUT2D eigenvalue weighted by molar-refractivity contribution is -0.137. The van der Waals surface area contributed by atoms with Gasteiger partial charge < -0.3 is 19.1 Å². The highest BCUT2D eigenvalue weighted by atomic mass is 35.5. The van der Waals surface area contributed by atoms with Crippen LogP contribution in [0.5, 0.6) is 23.1 Å². The maximum Gasteiger partial charge on any atom is 0.416 e. The summed E-state index contributed by atoms with van der Waals surface area (Å²) in [4.78, 5) is 21.5. The van der Waals surface area contributed by atoms with Gasteiger partial charge in [0.1, 0.15) is 18.1 Å². The van der Waals surface area contributed by atoms with Crippen LogP contribution in [0.25, 0.3) is 6.08 Å². The van der Waals surface area contributed by atoms with Gasteiger partial charge in [-0.25, -0.2) is 4.98 Å². The van der Waals surface area contributed by atoms with E-state index in [1.807, 2.05) is 17.9 Å². The second-order valence-electron chi connectivity index (χ2n) is 13.1. The van der Waals surface area contributed by atoms with Crippen molar-refractivity contribution in [3.05, 3.63) is 153 Å². The fraction of sp³-hybridized carbons (Fsp3) is 0.233. The molecule has 0 atom stereocenters. The smallest absolute Gasteiger partial charge is 0.416 e. The summed E-state index contributed by atoms with van der Waals surface area (Å²) in [5.74, 6) is 1.82. The quantitative estimate of drug-likeness (QED) is 0.110. The van der Waals surface area contributed by atoms with Crippen LogP contribution in [0.3, 0.4) is 0 Å². The molecule has 8 nitrogen and oxygen atoms in total. The monoisotopic (exact) mass is 766 g/mol. The van der Waals surface area contributed by atoms with E-state index in [1.54, 1.807) is 54.6 Å². The summed E-state index contributed by atoms with van der Waals surface area (Å²) in [6.07, 6.45) is 1.16. The summed E-state index contributed by atoms with van der Waals surface area (Å²) >= 11 is 6.59. The Morgan fingerprint density at radius 1 is 0.873 bits per heavy atom. The number of rotatable bonds is 13. The number of amides is 1. The van der Waals surface area contributed by atoms with E-state index in [0.717, 1.165) is 55.1 Å². The van der Waals surface area contributed by atoms with Gasteiger partial charge >= 0.3 is 6.18 Å². The number of aromatic nitrogens is 1. The number of hydrogen-bond acceptors (Lipinski definition) is 7. The van der Waals surface area contributed by atoms with Gasteiger partial charge in [0.25, 0.3) is 0 Å². The number of benzene rings is 4. The van der Waals surface area contributed by atoms with Crippen LogP contribution in [0.1, 0.15) is 38.9 Å². The van der Waals surface area contributed by atoms with Gasteiger partial charge in [0.2, 0.25) is 11.8 Å². The van der Waals surface area contributed by atoms with Crippen LogP contribution in [0.4, 0.5) is 13.2 Å². The Morgan fingerprint density at radius 2 is 1.55 bits per heavy atom. The number of nitriles is 1. The van der Waals surface area contributed by atoms with Gasteiger partial charge in [0.05, 0.1) is 35.0 Å². The molecule has 55 heavy (non-hydrogen) atoms. The maximum absolute atomic E-state index is 13.0. The normalized spacial score (nSPS) is 13.4. The number of pyridine rings is 1. The van der Waals surface area contributed by atoms with Crippen LogP contribution in [0, 0.1) is 18.3 Å². The SMILES string of the molecule is Cc1cc(/C=C/C(=O)N2CCN(Cc3ccc(CCOc4ccc(C#N)cc4)cc3)CC2)cc(Cl)c1Oc1ccc(OCc2ccc(C(F)(F)F)cc2)cn1. The fourth-order valence-electron chi connectivity index (χ4n) is 5.94. The zero-order valence-corrected chi connectivity index (χ0v) is 30.8. The minimum absolute atomic E-state index is 0.0637. The van der Waals surface area contributed by atoms with Crippen molar-refractivity contribution >= 4 is 23.6 Å². The second-order valence-corrected chi connectivity index (χ2v) is 13.5. The van der Waals surface area contributed by atoms with Gasteiger partial charge in [-0.1, -0.05) is 48.0 Å². The zero-order valence-electron chi connectivity index (χ0n) is 30.1. The van der Waals surface area contributed by atoms with E-state index in [4.69, 9.17) is 31.1 Å². The number of nitrogens with zero attached hydrogens (tertiary/aromatic N) is 4. The molecule has 2 heterocycles. The third-order valence-electron chi connectivity index (χ3n) is 9.03. The number of alkyl halides is 3. The van der Waals surface area contributed by atoms with E-state index in [0.29, 0.717) is 47.3 Å². The molecule has 12 heteroatoms. The molecule has 0 aliphatic carbocycles. The molecular weight excluding hydrogens is 729 g/mol. The van der Waals surface area contributed by atoms with Crippen LogP contribution in [0.2, 0.25) is 5.02 Å². The number of halogens is 4. The molecule has 0 spiro atoms. The number of hydrogen-bond donors (Lipinski definition) is 0. The largest absolute Gasteiger partial charge is 0.493 e. The fourth-order valence-corrected chi connectivity index (χ4v) is 6.25. The first-order valence-electron chi connectivity index (χ1n) is 17.7. The van der Waals surface area contributed by atoms with Gasteiger partial charge in [-0.3, -0.25) is 9.69 Å². The van der Waals surface area contributed by atoms with Crippen LogP contribution >= 0.6 is 11.6 Å². The first-order valence-corrected chi connectivity index (χ1v) is 18.0. The minimum Gasteiger partial charge on any atom is -0.493 e. The van der Waals surface area contributed by atoms with Gasteiger partial charge in [0, 0.05) is 51.3 Å². The Kier molecular flexibility index (Phi) is 12.7. The van der Waals surface area contributed by atoms with Gasteiger partial charge in [0.15, 0.2) is 5.75 Å². The molecule has 1 amide bonds. The van der Waals surface area contributed by atoms with Crippen molar-refractivity contribution < 1.29 is 32.2 Å². The van der Waals surface area contributed by atoms with Crippen molar-refractivity contribution in [2.75, 3.05) is 32.8 Å². The number of carbonyl (C=O) groups excluding carboxylic acids is 1. The lowest BCUT2D eigenvalue weighted by Gasteiger charge is -2.34. The Labute approximate surface area is 323 Å². The summed E-state index contributed by atoms with van der Waals surface area (Å²) in [6, 6.07) is 29.4. The summed E-state index contributed by atoms with van der Waals surface area (Å²) in [7, 11) is 0. The Balaban J connectivity index is 0.925. The zero-order chi connectivity index (χ0) is 38.8. The molecular formula is C43H38ClF3N4O4. The molecule has 1 aliphatic heterocycles. The molecule has 4 aromatic carbocycles. The molecule has 0 unspecified atom stereocenters. The average Bonchev–Trinajstić information content (AvgIpc) is 3.19. The molecule has 282 valence electrons. The van der Waals surface area contributed by atoms with Gasteiger partial charge in [-0.05, 0) is 95.4 Å². The Bertz CT molecular complexity index is 2100. The minimum atomic E-state index is -4.39. The van der Waals surface area contributed by atoms with E-state index >= 15 is 0 Å². The van der Waals surface area contributed by atoms with Crippen molar-refractivity contribution in [2.45, 2.75) is 32.7 Å². The molecule has 0 saturated carbocycles. The molecule has 1 aliphatic rings. The van der Waals surface area contributed by atoms with Crippen molar-refractivity contribution in [1.82, 2.24) is 14.8 Å². The van der Waals surface area contributed by atoms with E-state index in [9.17, 15) is 18.0 Å². The third-order valence-corrected chi connectivity index (χ3v) is 9.31. The lowest BCUT2D eigenvalue weighted by atomic mass is 10.1. The van der Waals surface area contributed by atoms with E-state index in [2.05, 4.69) is 40.2 Å². The topological polar surface area (TPSA) is 87.9 Å². The predicted octanol–water partition coefficient (Wildman–Crippen LogP) is 9.28. The van der Waals surface area contributed by atoms with Crippen molar-refractivity contribution in [3.63, 3.8) is 0 Å². The number of aryl methyl sites for hydroxylation is 1. The molecule has 0 bridgehead atoms. The van der Waals surface area contributed by atoms with Crippen LogP contribution in [-0.2, 0) is 30.5 Å². The maximum atomic E-state index is 13.0. The predicted molar refractivity (Wildman–Crippen MR) is 204 cm³/mol. The molecule has 1 saturated heterocycles. The van der Waals surface area contributed by atoms with Gasteiger partial charge in [-0.15, -0.1) is 0 Å². The molecule has 6 rings (SSSR count). The summed E-state index contributed by atoms with van der Waals surface area (Å²) < 4.78 is 55.8. The Morgan fingerprint density at radius 3 is 2.18 bits per heavy atom. The summed E-state index contributed by atoms with van der Waals surface area (Å²) in [5, 5.41) is 9.28. The van der Waals surface area contributed by atoms with Crippen LogP contribution < -0.4 is 14.2 Å². The molecule has 0 radical (unpaired) electrons. The standard InChI is InChI=1S/C43H38ClF3N4O4/c1-30-24-35(25-39(44)42(30)55-40-16-15-38(27-49-40)54-29-34-6-11-36(12-7-34)43(45,46)47)10-17-41(52)51-21-19-50(20-22-51)28-33-4-2-31(3-5-33)18-23-53-37-13-8-32(26-48)9-14-37/h2-17,24-25,27H,18-23,28-29H2,1H3/b17-10+. The van der Waals surface area contributed by atoms with Crippen LogP contribution in [-0.4, -0.2) is 53.5 Å². The second kappa shape index (κ2) is 18.0. The molecule has 1 aromatic heterocycles. The number of piperazine rings is 1. The van der Waals surface area contributed by atoms with Crippen molar-refractivity contribution in [1.29, 1.82) is 5.26 Å². The van der Waals surface area contributed by atoms with Gasteiger partial charge in [-0.2, -0.15) is 18.4 Å². The van der Waals surface area contributed by atoms with E-state index in [-0.39, 0.29) is 18.4 Å². The third kappa shape index (κ3) is 11.1. The Hall–Kier alpha value is -5.83. The highest BCUT2D eigenvalue weighted by Gasteiger charge is 2.30. The average molecular weight is 767 g/mol. The number of ether oxygens (including phenoxy) is 3. The van der Waals surface area contributed by atoms with Crippen LogP contribution in [0.15, 0.2) is 109 Å². The first kappa shape index (κ1) is 38.9. The van der Waals surface area contributed by atoms with E-state index < -0.39 is 11.7 Å².